The molecule has 0 aromatic heterocycles. The molecule has 10 unspecified atom stereocenters. The molecule has 0 radical (unpaired) electrons. The molecule has 4 rings (SSSR count). The van der Waals surface area contributed by atoms with E-state index in [2.05, 4.69) is 6.58 Å². The minimum atomic E-state index is -1.55. The van der Waals surface area contributed by atoms with Crippen LogP contribution in [0.15, 0.2) is 53.6 Å². The van der Waals surface area contributed by atoms with Gasteiger partial charge in [-0.05, 0) is 55.5 Å². The number of carbonyl (C=O) groups is 7. The van der Waals surface area contributed by atoms with Crippen molar-refractivity contribution in [3.8, 4) is 0 Å². The molecule has 300 valence electrons. The Morgan fingerprint density at radius 3 is 1.85 bits per heavy atom. The molecule has 3 aliphatic rings. The summed E-state index contributed by atoms with van der Waals surface area (Å²) < 4.78 is 35.3. The number of rotatable bonds is 10. The molecule has 0 heterocycles. The normalized spacial score (nSPS) is 29.7. The van der Waals surface area contributed by atoms with Crippen LogP contribution in [0.25, 0.3) is 0 Å². The molecule has 0 spiro atoms. The molecule has 14 heteroatoms. The highest BCUT2D eigenvalue weighted by Crippen LogP contribution is 2.60. The predicted octanol–water partition coefficient (Wildman–Crippen LogP) is 4.39. The van der Waals surface area contributed by atoms with Gasteiger partial charge in [-0.3, -0.25) is 33.7 Å². The lowest BCUT2D eigenvalue weighted by molar-refractivity contribution is -0.202. The van der Waals surface area contributed by atoms with Gasteiger partial charge < -0.3 is 28.4 Å². The van der Waals surface area contributed by atoms with E-state index in [1.54, 1.807) is 71.0 Å². The maximum atomic E-state index is 15.1. The first-order valence-electron chi connectivity index (χ1n) is 18.3. The number of hydrogen-bond donors (Lipinski definition) is 0. The molecule has 2 saturated carbocycles. The van der Waals surface area contributed by atoms with Crippen LogP contribution in [0.1, 0.15) is 86.8 Å². The van der Waals surface area contributed by atoms with Crippen LogP contribution < -0.4 is 0 Å². The first-order valence-corrected chi connectivity index (χ1v) is 18.3. The molecule has 10 atom stereocenters. The number of hydrogen-bond acceptors (Lipinski definition) is 14. The summed E-state index contributed by atoms with van der Waals surface area (Å²) in [5.41, 5.74) is -1.07. The predicted molar refractivity (Wildman–Crippen MR) is 195 cm³/mol. The Balaban J connectivity index is 1.93. The Morgan fingerprint density at radius 1 is 0.782 bits per heavy atom. The van der Waals surface area contributed by atoms with Gasteiger partial charge in [-0.1, -0.05) is 57.7 Å². The summed E-state index contributed by atoms with van der Waals surface area (Å²) >= 11 is 0. The third-order valence-electron chi connectivity index (χ3n) is 11.3. The van der Waals surface area contributed by atoms with Crippen LogP contribution in [0.4, 0.5) is 0 Å². The molecule has 2 fully saturated rings. The number of likely N-dealkylation sites (N-methyl/N-ethyl adjacent to an activating group) is 1. The Hall–Kier alpha value is -4.85. The largest absolute Gasteiger partial charge is 0.462 e. The number of esters is 6. The molecule has 0 N–H and O–H groups in total. The van der Waals surface area contributed by atoms with E-state index < -0.39 is 107 Å². The van der Waals surface area contributed by atoms with Crippen molar-refractivity contribution in [2.75, 3.05) is 14.1 Å². The van der Waals surface area contributed by atoms with Crippen LogP contribution in [0.5, 0.6) is 0 Å². The van der Waals surface area contributed by atoms with Gasteiger partial charge in [-0.15, -0.1) is 0 Å². The number of Topliss-reactive ketones (excluding diaryl/α,β-unsaturated/α-hetero) is 1. The maximum absolute atomic E-state index is 15.1. The third-order valence-corrected chi connectivity index (χ3v) is 11.3. The highest BCUT2D eigenvalue weighted by molar-refractivity contribution is 6.03. The summed E-state index contributed by atoms with van der Waals surface area (Å²) in [6.07, 6.45) is -7.73. The van der Waals surface area contributed by atoms with Crippen molar-refractivity contribution in [2.24, 2.45) is 22.7 Å². The quantitative estimate of drug-likeness (QED) is 0.186. The summed E-state index contributed by atoms with van der Waals surface area (Å²) in [5, 5.41) is 0. The Kier molecular flexibility index (Phi) is 12.9. The SMILES string of the molecule is C=C1C(OC(=O)C(OC(C)=O)C(c2ccccc2)N(C)C)CC(OC(C)=O)C2(C)C1CC1C(OC(C)=O)C(OC(C)=O)C(C)=C(C(=O)C2OC(C)=O)C1(C)C. The van der Waals surface area contributed by atoms with Gasteiger partial charge in [-0.2, -0.15) is 0 Å². The number of ketones is 1. The van der Waals surface area contributed by atoms with Crippen LogP contribution in [-0.4, -0.2) is 97.2 Å². The average Bonchev–Trinajstić information content (AvgIpc) is 3.05. The van der Waals surface area contributed by atoms with Crippen molar-refractivity contribution in [3.05, 3.63) is 59.2 Å². The van der Waals surface area contributed by atoms with Crippen molar-refractivity contribution < 1.29 is 62.0 Å². The minimum absolute atomic E-state index is 0.0589. The lowest BCUT2D eigenvalue weighted by atomic mass is 9.49. The van der Waals surface area contributed by atoms with Crippen LogP contribution in [0.2, 0.25) is 0 Å². The first kappa shape index (κ1) is 42.9. The molecule has 14 nitrogen and oxygen atoms in total. The number of benzene rings is 1. The molecule has 3 aliphatic carbocycles. The second-order valence-corrected chi connectivity index (χ2v) is 15.7. The van der Waals surface area contributed by atoms with Crippen molar-refractivity contribution in [3.63, 3.8) is 0 Å². The number of ether oxygens (including phenoxy) is 6. The summed E-state index contributed by atoms with van der Waals surface area (Å²) in [6, 6.07) is 8.19. The highest BCUT2D eigenvalue weighted by atomic mass is 16.6. The third kappa shape index (κ3) is 8.53. The minimum Gasteiger partial charge on any atom is -0.462 e. The van der Waals surface area contributed by atoms with Crippen molar-refractivity contribution in [1.29, 1.82) is 0 Å². The summed E-state index contributed by atoms with van der Waals surface area (Å²) in [4.78, 5) is 94.2. The van der Waals surface area contributed by atoms with Gasteiger partial charge in [0.2, 0.25) is 11.9 Å². The van der Waals surface area contributed by atoms with Crippen molar-refractivity contribution >= 4 is 41.6 Å². The fraction of sp³-hybridized carbons (Fsp3) is 0.585. The van der Waals surface area contributed by atoms with Crippen molar-refractivity contribution in [2.45, 2.75) is 118 Å². The molecular weight excluding hydrogens is 714 g/mol. The number of carbonyl (C=O) groups excluding carboxylic acids is 7. The Labute approximate surface area is 321 Å². The standard InChI is InChI=1S/C41H53NO13/c1-20-28-18-29-36(52-24(5)45)35(51-23(4)44)21(2)32(40(29,8)9)34(48)38(54-26(7)47)41(28,10)31(50-22(3)43)19-30(20)55-39(49)37(53-25(6)46)33(42(11)12)27-16-14-13-15-17-27/h13-17,28-31,33,35-38H,1,18-19H2,2-12H3. The van der Waals surface area contributed by atoms with Gasteiger partial charge in [0.05, 0.1) is 11.5 Å². The topological polar surface area (TPSA) is 178 Å². The highest BCUT2D eigenvalue weighted by Gasteiger charge is 2.65. The van der Waals surface area contributed by atoms with E-state index >= 15 is 4.79 Å². The van der Waals surface area contributed by atoms with E-state index in [1.807, 2.05) is 6.07 Å². The Morgan fingerprint density at radius 2 is 1.35 bits per heavy atom. The van der Waals surface area contributed by atoms with Crippen LogP contribution in [-0.2, 0) is 62.0 Å². The first-order chi connectivity index (χ1) is 25.5. The lowest BCUT2D eigenvalue weighted by Gasteiger charge is -2.58. The van der Waals surface area contributed by atoms with Gasteiger partial charge >= 0.3 is 35.8 Å². The summed E-state index contributed by atoms with van der Waals surface area (Å²) in [6.45, 7) is 17.2. The van der Waals surface area contributed by atoms with Crippen LogP contribution >= 0.6 is 0 Å². The zero-order chi connectivity index (χ0) is 41.3. The van der Waals surface area contributed by atoms with E-state index in [0.717, 1.165) is 6.92 Å². The average molecular weight is 768 g/mol. The molecule has 55 heavy (non-hydrogen) atoms. The van der Waals surface area contributed by atoms with Gasteiger partial charge in [0.15, 0.2) is 12.2 Å². The fourth-order valence-corrected chi connectivity index (χ4v) is 9.05. The van der Waals surface area contributed by atoms with Gasteiger partial charge in [0.25, 0.3) is 0 Å². The zero-order valence-electron chi connectivity index (χ0n) is 33.5. The van der Waals surface area contributed by atoms with Gasteiger partial charge in [0, 0.05) is 52.5 Å². The van der Waals surface area contributed by atoms with Crippen LogP contribution in [0, 0.1) is 22.7 Å². The van der Waals surface area contributed by atoms with Crippen LogP contribution in [0.3, 0.4) is 0 Å². The summed E-state index contributed by atoms with van der Waals surface area (Å²) in [7, 11) is 3.45. The molecule has 2 bridgehead atoms. The second kappa shape index (κ2) is 16.5. The van der Waals surface area contributed by atoms with Gasteiger partial charge in [0.1, 0.15) is 18.3 Å². The molecular formula is C41H53NO13. The van der Waals surface area contributed by atoms with Crippen molar-refractivity contribution in [1.82, 2.24) is 4.90 Å². The maximum Gasteiger partial charge on any atom is 0.350 e. The monoisotopic (exact) mass is 767 g/mol. The fourth-order valence-electron chi connectivity index (χ4n) is 9.05. The summed E-state index contributed by atoms with van der Waals surface area (Å²) in [5.74, 6) is -6.71. The second-order valence-electron chi connectivity index (χ2n) is 15.7. The molecule has 1 aromatic carbocycles. The molecule has 0 aliphatic heterocycles. The van der Waals surface area contributed by atoms with E-state index in [1.165, 1.54) is 27.7 Å². The van der Waals surface area contributed by atoms with E-state index in [0.29, 0.717) is 16.7 Å². The molecule has 0 amide bonds. The van der Waals surface area contributed by atoms with E-state index in [9.17, 15) is 28.8 Å². The number of fused-ring (bicyclic) bond motifs is 3. The molecule has 1 aromatic rings. The van der Waals surface area contributed by atoms with E-state index in [4.69, 9.17) is 28.4 Å². The zero-order valence-corrected chi connectivity index (χ0v) is 33.5. The van der Waals surface area contributed by atoms with E-state index in [-0.39, 0.29) is 18.4 Å². The number of nitrogens with zero attached hydrogens (tertiary/aromatic N) is 1. The lowest BCUT2D eigenvalue weighted by Crippen LogP contribution is -2.65. The smallest absolute Gasteiger partial charge is 0.350 e. The molecule has 0 saturated heterocycles. The Bertz CT molecular complexity index is 1760. The van der Waals surface area contributed by atoms with Gasteiger partial charge in [-0.25, -0.2) is 4.79 Å².